The number of allylic oxidation sites excluding steroid dienone is 6. The lowest BCUT2D eigenvalue weighted by molar-refractivity contribution is -0.870. The fraction of sp³-hybridized carbons (Fsp3) is 0.869. The van der Waals surface area contributed by atoms with Gasteiger partial charge in [-0.1, -0.05) is 262 Å². The molecule has 418 valence electrons. The molecule has 71 heavy (non-hydrogen) atoms. The molecule has 9 nitrogen and oxygen atoms in total. The molecule has 0 aliphatic carbocycles. The van der Waals surface area contributed by atoms with E-state index in [2.05, 4.69) is 50.3 Å². The number of unbranched alkanes of at least 4 members (excludes halogenated alkanes) is 36. The van der Waals surface area contributed by atoms with E-state index in [1.54, 1.807) is 0 Å². The van der Waals surface area contributed by atoms with Crippen LogP contribution in [0.5, 0.6) is 0 Å². The molecule has 2 unspecified atom stereocenters. The van der Waals surface area contributed by atoms with Crippen molar-refractivity contribution in [2.24, 2.45) is 0 Å². The zero-order valence-electron chi connectivity index (χ0n) is 47.5. The normalized spacial score (nSPS) is 13.5. The van der Waals surface area contributed by atoms with Crippen LogP contribution < -0.4 is 0 Å². The zero-order valence-corrected chi connectivity index (χ0v) is 48.4. The van der Waals surface area contributed by atoms with Crippen molar-refractivity contribution in [1.82, 2.24) is 0 Å². The van der Waals surface area contributed by atoms with Crippen LogP contribution in [0.15, 0.2) is 36.5 Å². The van der Waals surface area contributed by atoms with E-state index < -0.39 is 26.5 Å². The molecule has 0 aromatic carbocycles. The first kappa shape index (κ1) is 69.2. The van der Waals surface area contributed by atoms with E-state index in [1.807, 2.05) is 21.1 Å². The van der Waals surface area contributed by atoms with Crippen LogP contribution in [0.4, 0.5) is 0 Å². The smallest absolute Gasteiger partial charge is 0.462 e. The van der Waals surface area contributed by atoms with Gasteiger partial charge in [-0.25, -0.2) is 4.57 Å². The van der Waals surface area contributed by atoms with Gasteiger partial charge in [0.25, 0.3) is 0 Å². The molecule has 0 saturated carbocycles. The maximum atomic E-state index is 12.8. The van der Waals surface area contributed by atoms with Crippen LogP contribution in [0.2, 0.25) is 0 Å². The number of nitrogens with zero attached hydrogens (tertiary/aromatic N) is 1. The van der Waals surface area contributed by atoms with E-state index in [4.69, 9.17) is 18.5 Å². The number of phosphoric acid groups is 1. The van der Waals surface area contributed by atoms with Crippen molar-refractivity contribution in [2.75, 3.05) is 47.5 Å². The standard InChI is InChI=1S/C61H116NO8P/c1-6-8-10-12-14-16-18-20-22-24-26-28-30-32-33-35-37-39-41-43-45-47-49-51-53-60(63)67-57-59(58-69-71(65,66)68-56-55-62(3,4)5)70-61(64)54-52-50-48-46-44-42-40-38-36-34-31-29-27-25-23-21-19-17-15-13-11-9-7-2/h19,21,25,27,31,34,59H,6-18,20,22-24,26,28-30,32-33,35-58H2,1-5H3/p+1/b21-19-,27-25-,34-31-. The van der Waals surface area contributed by atoms with Crippen molar-refractivity contribution in [3.8, 4) is 0 Å². The Morgan fingerprint density at radius 2 is 0.761 bits per heavy atom. The summed E-state index contributed by atoms with van der Waals surface area (Å²) in [5, 5.41) is 0. The van der Waals surface area contributed by atoms with Crippen molar-refractivity contribution in [3.63, 3.8) is 0 Å². The number of quaternary nitrogens is 1. The quantitative estimate of drug-likeness (QED) is 0.0211. The van der Waals surface area contributed by atoms with Crippen LogP contribution in [-0.2, 0) is 32.7 Å². The van der Waals surface area contributed by atoms with Crippen LogP contribution in [0.25, 0.3) is 0 Å². The molecule has 0 aromatic heterocycles. The molecule has 0 heterocycles. The second-order valence-electron chi connectivity index (χ2n) is 21.7. The maximum Gasteiger partial charge on any atom is 0.472 e. The number of carbonyl (C=O) groups is 2. The van der Waals surface area contributed by atoms with Crippen molar-refractivity contribution in [3.05, 3.63) is 36.5 Å². The van der Waals surface area contributed by atoms with E-state index in [0.29, 0.717) is 23.9 Å². The second kappa shape index (κ2) is 53.1. The third kappa shape index (κ3) is 57.4. The van der Waals surface area contributed by atoms with Gasteiger partial charge in [0, 0.05) is 12.8 Å². The third-order valence-corrected chi connectivity index (χ3v) is 14.4. The fourth-order valence-electron chi connectivity index (χ4n) is 8.73. The molecule has 0 fully saturated rings. The lowest BCUT2D eigenvalue weighted by Gasteiger charge is -2.24. The van der Waals surface area contributed by atoms with Crippen LogP contribution in [-0.4, -0.2) is 74.9 Å². The van der Waals surface area contributed by atoms with E-state index in [1.165, 1.54) is 199 Å². The van der Waals surface area contributed by atoms with Crippen molar-refractivity contribution in [1.29, 1.82) is 0 Å². The van der Waals surface area contributed by atoms with Gasteiger partial charge in [-0.15, -0.1) is 0 Å². The highest BCUT2D eigenvalue weighted by atomic mass is 31.2. The van der Waals surface area contributed by atoms with Crippen molar-refractivity contribution >= 4 is 19.8 Å². The van der Waals surface area contributed by atoms with E-state index in [0.717, 1.165) is 57.8 Å². The van der Waals surface area contributed by atoms with Gasteiger partial charge >= 0.3 is 19.8 Å². The average Bonchev–Trinajstić information content (AvgIpc) is 3.33. The number of carbonyl (C=O) groups excluding carboxylic acids is 2. The molecule has 0 bridgehead atoms. The molecule has 0 radical (unpaired) electrons. The monoisotopic (exact) mass is 1020 g/mol. The topological polar surface area (TPSA) is 108 Å². The predicted molar refractivity (Wildman–Crippen MR) is 303 cm³/mol. The van der Waals surface area contributed by atoms with Gasteiger partial charge in [0.05, 0.1) is 27.7 Å². The number of hydrogen-bond acceptors (Lipinski definition) is 7. The Hall–Kier alpha value is -1.77. The minimum atomic E-state index is -4.39. The Bertz CT molecular complexity index is 1300. The van der Waals surface area contributed by atoms with Crippen molar-refractivity contribution < 1.29 is 42.1 Å². The van der Waals surface area contributed by atoms with Gasteiger partial charge in [-0.3, -0.25) is 18.6 Å². The van der Waals surface area contributed by atoms with Crippen molar-refractivity contribution in [2.45, 2.75) is 296 Å². The summed E-state index contributed by atoms with van der Waals surface area (Å²) in [4.78, 5) is 35.7. The van der Waals surface area contributed by atoms with Crippen LogP contribution >= 0.6 is 7.82 Å². The summed E-state index contributed by atoms with van der Waals surface area (Å²) >= 11 is 0. The first-order valence-electron chi connectivity index (χ1n) is 30.2. The molecular weight excluding hydrogens is 906 g/mol. The van der Waals surface area contributed by atoms with Gasteiger partial charge < -0.3 is 18.9 Å². The van der Waals surface area contributed by atoms with E-state index in [9.17, 15) is 19.0 Å². The number of ether oxygens (including phenoxy) is 2. The molecule has 0 aromatic rings. The van der Waals surface area contributed by atoms with Gasteiger partial charge in [-0.2, -0.15) is 0 Å². The first-order chi connectivity index (χ1) is 34.5. The van der Waals surface area contributed by atoms with Crippen LogP contribution in [0.3, 0.4) is 0 Å². The molecule has 10 heteroatoms. The minimum absolute atomic E-state index is 0.0314. The summed E-state index contributed by atoms with van der Waals surface area (Å²) in [5.41, 5.74) is 0. The van der Waals surface area contributed by atoms with E-state index >= 15 is 0 Å². The Labute approximate surface area is 440 Å². The maximum absolute atomic E-state index is 12.8. The number of hydrogen-bond donors (Lipinski definition) is 1. The highest BCUT2D eigenvalue weighted by Gasteiger charge is 2.27. The Balaban J connectivity index is 4.14. The Kier molecular flexibility index (Phi) is 51.7. The van der Waals surface area contributed by atoms with Gasteiger partial charge in [0.1, 0.15) is 19.8 Å². The van der Waals surface area contributed by atoms with Gasteiger partial charge in [0.15, 0.2) is 6.10 Å². The lowest BCUT2D eigenvalue weighted by Crippen LogP contribution is -2.37. The summed E-state index contributed by atoms with van der Waals surface area (Å²) in [6, 6.07) is 0. The summed E-state index contributed by atoms with van der Waals surface area (Å²) in [6.07, 6.45) is 65.0. The molecule has 0 aliphatic heterocycles. The summed E-state index contributed by atoms with van der Waals surface area (Å²) < 4.78 is 34.6. The zero-order chi connectivity index (χ0) is 52.0. The number of esters is 2. The second-order valence-corrected chi connectivity index (χ2v) is 23.2. The molecule has 0 saturated heterocycles. The highest BCUT2D eigenvalue weighted by molar-refractivity contribution is 7.47. The first-order valence-corrected chi connectivity index (χ1v) is 31.7. The molecule has 0 amide bonds. The van der Waals surface area contributed by atoms with Gasteiger partial charge in [-0.05, 0) is 51.4 Å². The summed E-state index contributed by atoms with van der Waals surface area (Å²) in [7, 11) is 1.48. The molecule has 1 N–H and O–H groups in total. The van der Waals surface area contributed by atoms with Gasteiger partial charge in [0.2, 0.25) is 0 Å². The molecule has 2 atom stereocenters. The number of phosphoric ester groups is 1. The molecule has 0 aliphatic rings. The Morgan fingerprint density at radius 3 is 1.13 bits per heavy atom. The lowest BCUT2D eigenvalue weighted by atomic mass is 10.0. The highest BCUT2D eigenvalue weighted by Crippen LogP contribution is 2.43. The largest absolute Gasteiger partial charge is 0.472 e. The third-order valence-electron chi connectivity index (χ3n) is 13.4. The predicted octanol–water partition coefficient (Wildman–Crippen LogP) is 18.8. The van der Waals surface area contributed by atoms with E-state index in [-0.39, 0.29) is 25.6 Å². The summed E-state index contributed by atoms with van der Waals surface area (Å²) in [5.74, 6) is -0.791. The molecular formula is C61H117NO8P+. The fourth-order valence-corrected chi connectivity index (χ4v) is 9.47. The summed E-state index contributed by atoms with van der Waals surface area (Å²) in [6.45, 7) is 4.46. The van der Waals surface area contributed by atoms with Crippen LogP contribution in [0.1, 0.15) is 290 Å². The molecule has 0 spiro atoms. The average molecular weight is 1020 g/mol. The minimum Gasteiger partial charge on any atom is -0.462 e. The number of likely N-dealkylation sites (N-methyl/N-ethyl adjacent to an activating group) is 1. The SMILES string of the molecule is CCCCCCC/C=C\C/C=C\C/C=C\CCCCCCCCCCC(=O)OC(COC(=O)CCCCCCCCCCCCCCCCCCCCCCCCCC)COP(=O)(O)OCC[N+](C)(C)C. The number of rotatable bonds is 56. The Morgan fingerprint density at radius 1 is 0.437 bits per heavy atom. The van der Waals surface area contributed by atoms with Crippen LogP contribution in [0, 0.1) is 0 Å². The molecule has 0 rings (SSSR count).